The first-order valence-electron chi connectivity index (χ1n) is 5.48. The van der Waals surface area contributed by atoms with Crippen LogP contribution in [0.1, 0.15) is 13.8 Å². The summed E-state index contributed by atoms with van der Waals surface area (Å²) in [5, 5.41) is 14.3. The Morgan fingerprint density at radius 3 is 2.67 bits per heavy atom. The van der Waals surface area contributed by atoms with Gasteiger partial charge in [-0.05, 0) is 19.4 Å². The summed E-state index contributed by atoms with van der Waals surface area (Å²) in [6, 6.07) is -1.06. The number of allylic oxidation sites excluding steroid dienone is 4. The maximum atomic E-state index is 11.4. The number of aliphatic carboxylic acids is 1. The van der Waals surface area contributed by atoms with E-state index in [0.717, 1.165) is 0 Å². The molecule has 96 valence electrons. The minimum Gasteiger partial charge on any atom is -0.478 e. The van der Waals surface area contributed by atoms with E-state index in [9.17, 15) is 14.7 Å². The number of rotatable bonds is 4. The molecule has 3 N–H and O–H groups in total. The summed E-state index contributed by atoms with van der Waals surface area (Å²) >= 11 is 0. The number of hydrogen-bond acceptors (Lipinski definition) is 2. The summed E-state index contributed by atoms with van der Waals surface area (Å²) in [7, 11) is 0. The smallest absolute Gasteiger partial charge is 0.335 e. The van der Waals surface area contributed by atoms with Crippen LogP contribution in [-0.4, -0.2) is 23.1 Å². The van der Waals surface area contributed by atoms with Crippen molar-refractivity contribution >= 4 is 12.0 Å². The molecule has 1 heterocycles. The van der Waals surface area contributed by atoms with Crippen LogP contribution in [0.4, 0.5) is 4.79 Å². The predicted molar refractivity (Wildman–Crippen MR) is 68.9 cm³/mol. The normalized spacial score (nSPS) is 20.7. The lowest BCUT2D eigenvalue weighted by molar-refractivity contribution is -0.133. The van der Waals surface area contributed by atoms with Gasteiger partial charge in [0, 0.05) is 5.70 Å². The Balaban J connectivity index is 3.22. The molecule has 0 bridgehead atoms. The molecule has 0 fully saturated rings. The van der Waals surface area contributed by atoms with Crippen molar-refractivity contribution in [2.75, 3.05) is 0 Å². The van der Waals surface area contributed by atoms with Crippen molar-refractivity contribution < 1.29 is 14.7 Å². The molecule has 1 aliphatic heterocycles. The molecule has 1 rings (SSSR count). The third-order valence-electron chi connectivity index (χ3n) is 2.59. The highest BCUT2D eigenvalue weighted by Crippen LogP contribution is 2.20. The molecule has 0 aromatic carbocycles. The maximum Gasteiger partial charge on any atom is 0.335 e. The van der Waals surface area contributed by atoms with E-state index in [1.54, 1.807) is 38.2 Å². The van der Waals surface area contributed by atoms with Gasteiger partial charge in [0.15, 0.2) is 0 Å². The lowest BCUT2D eigenvalue weighted by Gasteiger charge is -2.27. The van der Waals surface area contributed by atoms with Gasteiger partial charge in [-0.25, -0.2) is 9.59 Å². The van der Waals surface area contributed by atoms with Gasteiger partial charge in [0.1, 0.15) is 0 Å². The average Bonchev–Trinajstić information content (AvgIpc) is 2.28. The summed E-state index contributed by atoms with van der Waals surface area (Å²) in [5.41, 5.74) is 1.18. The zero-order chi connectivity index (χ0) is 13.7. The van der Waals surface area contributed by atoms with Crippen LogP contribution in [0.25, 0.3) is 0 Å². The minimum atomic E-state index is -1.06. The molecule has 1 atom stereocenters. The van der Waals surface area contributed by atoms with Gasteiger partial charge in [-0.3, -0.25) is 0 Å². The van der Waals surface area contributed by atoms with Crippen LogP contribution < -0.4 is 10.6 Å². The fraction of sp³-hybridized carbons (Fsp3) is 0.231. The van der Waals surface area contributed by atoms with Crippen molar-refractivity contribution in [2.45, 2.75) is 19.9 Å². The van der Waals surface area contributed by atoms with E-state index in [0.29, 0.717) is 11.3 Å². The van der Waals surface area contributed by atoms with E-state index in [-0.39, 0.29) is 5.57 Å². The number of carbonyl (C=O) groups excluding carboxylic acids is 1. The zero-order valence-electron chi connectivity index (χ0n) is 10.4. The Bertz CT molecular complexity index is 473. The van der Waals surface area contributed by atoms with Crippen LogP contribution in [0.5, 0.6) is 0 Å². The summed E-state index contributed by atoms with van der Waals surface area (Å²) in [4.78, 5) is 22.7. The zero-order valence-corrected chi connectivity index (χ0v) is 10.4. The summed E-state index contributed by atoms with van der Waals surface area (Å²) in [6.07, 6.45) is 6.76. The number of hydrogen-bond donors (Lipinski definition) is 3. The second kappa shape index (κ2) is 5.86. The molecule has 0 spiro atoms. The summed E-state index contributed by atoms with van der Waals surface area (Å²) < 4.78 is 0. The van der Waals surface area contributed by atoms with Crippen LogP contribution in [-0.2, 0) is 4.79 Å². The fourth-order valence-corrected chi connectivity index (χ4v) is 1.77. The van der Waals surface area contributed by atoms with Crippen molar-refractivity contribution in [1.29, 1.82) is 0 Å². The molecule has 0 aromatic rings. The Morgan fingerprint density at radius 2 is 2.17 bits per heavy atom. The molecule has 0 saturated heterocycles. The number of carboxylic acid groups (broad SMARTS) is 1. The van der Waals surface area contributed by atoms with Gasteiger partial charge in [-0.2, -0.15) is 0 Å². The van der Waals surface area contributed by atoms with Gasteiger partial charge in [-0.1, -0.05) is 30.9 Å². The molecule has 0 saturated carbocycles. The predicted octanol–water partition coefficient (Wildman–Crippen LogP) is 1.71. The van der Waals surface area contributed by atoms with Gasteiger partial charge in [-0.15, -0.1) is 0 Å². The summed E-state index contributed by atoms with van der Waals surface area (Å²) in [6.45, 7) is 6.91. The highest BCUT2D eigenvalue weighted by molar-refractivity contribution is 5.94. The molecule has 0 aromatic heterocycles. The molecule has 0 aliphatic carbocycles. The third-order valence-corrected chi connectivity index (χ3v) is 2.59. The van der Waals surface area contributed by atoms with Crippen LogP contribution in [0.2, 0.25) is 0 Å². The Labute approximate surface area is 106 Å². The van der Waals surface area contributed by atoms with Crippen molar-refractivity contribution in [3.63, 3.8) is 0 Å². The maximum absolute atomic E-state index is 11.4. The number of amides is 2. The molecule has 18 heavy (non-hydrogen) atoms. The van der Waals surface area contributed by atoms with Crippen LogP contribution in [0.3, 0.4) is 0 Å². The van der Waals surface area contributed by atoms with Crippen LogP contribution >= 0.6 is 0 Å². The van der Waals surface area contributed by atoms with Crippen LogP contribution in [0, 0.1) is 0 Å². The lowest BCUT2D eigenvalue weighted by atomic mass is 9.95. The highest BCUT2D eigenvalue weighted by Gasteiger charge is 2.31. The first-order valence-corrected chi connectivity index (χ1v) is 5.48. The van der Waals surface area contributed by atoms with E-state index >= 15 is 0 Å². The Morgan fingerprint density at radius 1 is 1.50 bits per heavy atom. The quantitative estimate of drug-likeness (QED) is 0.663. The molecular formula is C13H16N2O3. The van der Waals surface area contributed by atoms with Gasteiger partial charge in [0.2, 0.25) is 0 Å². The Kier molecular flexibility index (Phi) is 4.48. The van der Waals surface area contributed by atoms with E-state index in [1.165, 1.54) is 0 Å². The number of urea groups is 1. The van der Waals surface area contributed by atoms with Crippen LogP contribution in [0.15, 0.2) is 47.7 Å². The van der Waals surface area contributed by atoms with E-state index in [4.69, 9.17) is 0 Å². The molecule has 5 heteroatoms. The van der Waals surface area contributed by atoms with E-state index in [2.05, 4.69) is 17.2 Å². The van der Waals surface area contributed by atoms with E-state index < -0.39 is 18.0 Å². The fourth-order valence-electron chi connectivity index (χ4n) is 1.77. The standard InChI is InChI=1S/C13H16N2O3/c1-4-6-7-9(5-2)11-10(12(16)17)8(3)14-13(18)15-11/h4-7,11H,1H2,2-3H3,(H,16,17)(H2,14,15,18)/b7-6-,9-5+. The summed E-state index contributed by atoms with van der Waals surface area (Å²) in [5.74, 6) is -1.06. The topological polar surface area (TPSA) is 78.4 Å². The van der Waals surface area contributed by atoms with Gasteiger partial charge < -0.3 is 15.7 Å². The second-order valence-corrected chi connectivity index (χ2v) is 3.76. The Hall–Kier alpha value is -2.30. The average molecular weight is 248 g/mol. The van der Waals surface area contributed by atoms with Gasteiger partial charge in [0.05, 0.1) is 11.6 Å². The SMILES string of the molecule is C=C/C=C\C(=C/C)C1NC(=O)NC(C)=C1C(=O)O. The number of nitrogens with one attached hydrogen (secondary N) is 2. The van der Waals surface area contributed by atoms with Gasteiger partial charge >= 0.3 is 12.0 Å². The molecule has 2 amide bonds. The molecule has 1 aliphatic rings. The third kappa shape index (κ3) is 2.88. The van der Waals surface area contributed by atoms with E-state index in [1.807, 2.05) is 0 Å². The largest absolute Gasteiger partial charge is 0.478 e. The minimum absolute atomic E-state index is 0.136. The lowest BCUT2D eigenvalue weighted by Crippen LogP contribution is -2.50. The highest BCUT2D eigenvalue weighted by atomic mass is 16.4. The monoisotopic (exact) mass is 248 g/mol. The second-order valence-electron chi connectivity index (χ2n) is 3.76. The number of carbonyl (C=O) groups is 2. The number of carboxylic acids is 1. The van der Waals surface area contributed by atoms with Crippen molar-refractivity contribution in [3.8, 4) is 0 Å². The molecule has 0 radical (unpaired) electrons. The first kappa shape index (κ1) is 13.8. The van der Waals surface area contributed by atoms with Crippen molar-refractivity contribution in [3.05, 3.63) is 47.7 Å². The van der Waals surface area contributed by atoms with Crippen molar-refractivity contribution in [1.82, 2.24) is 10.6 Å². The molecule has 1 unspecified atom stereocenters. The molecule has 5 nitrogen and oxygen atoms in total. The first-order chi connectivity index (χ1) is 8.51. The molecular weight excluding hydrogens is 232 g/mol. The van der Waals surface area contributed by atoms with Crippen molar-refractivity contribution in [2.24, 2.45) is 0 Å². The van der Waals surface area contributed by atoms with Gasteiger partial charge in [0.25, 0.3) is 0 Å².